The summed E-state index contributed by atoms with van der Waals surface area (Å²) in [6.45, 7) is 5.10. The highest BCUT2D eigenvalue weighted by Crippen LogP contribution is 2.34. The van der Waals surface area contributed by atoms with E-state index in [2.05, 4.69) is 69.4 Å². The molecule has 7 rings (SSSR count). The zero-order valence-corrected chi connectivity index (χ0v) is 25.6. The van der Waals surface area contributed by atoms with E-state index in [1.807, 2.05) is 48.5 Å². The molecule has 45 heavy (non-hydrogen) atoms. The maximum Gasteiger partial charge on any atom is 0.337 e. The van der Waals surface area contributed by atoms with Crippen molar-refractivity contribution < 1.29 is 0 Å². The van der Waals surface area contributed by atoms with E-state index >= 15 is 0 Å². The fourth-order valence-corrected chi connectivity index (χ4v) is 6.61. The lowest BCUT2D eigenvalue weighted by atomic mass is 9.88. The number of nitrogens with zero attached hydrogens (tertiary/aromatic N) is 7. The summed E-state index contributed by atoms with van der Waals surface area (Å²) >= 11 is 0. The molecule has 1 aliphatic carbocycles. The summed E-state index contributed by atoms with van der Waals surface area (Å²) in [7, 11) is 0. The summed E-state index contributed by atoms with van der Waals surface area (Å²) in [6.07, 6.45) is 5.53. The normalized spacial score (nSPS) is 14.0. The van der Waals surface area contributed by atoms with Gasteiger partial charge in [0, 0.05) is 24.6 Å². The predicted molar refractivity (Wildman–Crippen MR) is 174 cm³/mol. The van der Waals surface area contributed by atoms with Gasteiger partial charge in [0.05, 0.1) is 5.69 Å². The zero-order chi connectivity index (χ0) is 30.9. The Morgan fingerprint density at radius 2 is 1.56 bits per heavy atom. The van der Waals surface area contributed by atoms with E-state index in [0.29, 0.717) is 35.8 Å². The third kappa shape index (κ3) is 5.41. The summed E-state index contributed by atoms with van der Waals surface area (Å²) < 4.78 is 5.11. The number of aromatic nitrogens is 8. The molecular weight excluding hydrogens is 564 g/mol. The van der Waals surface area contributed by atoms with Gasteiger partial charge < -0.3 is 4.57 Å². The van der Waals surface area contributed by atoms with Crippen molar-refractivity contribution in [2.24, 2.45) is 5.92 Å². The van der Waals surface area contributed by atoms with E-state index in [0.717, 1.165) is 53.8 Å². The second-order valence-corrected chi connectivity index (χ2v) is 12.3. The molecule has 0 radical (unpaired) electrons. The first-order chi connectivity index (χ1) is 22.0. The minimum atomic E-state index is -0.350. The summed E-state index contributed by atoms with van der Waals surface area (Å²) in [5.74, 6) is 1.94. The monoisotopic (exact) mass is 600 g/mol. The van der Waals surface area contributed by atoms with Crippen LogP contribution in [0.15, 0.2) is 88.5 Å². The van der Waals surface area contributed by atoms with Gasteiger partial charge in [0.1, 0.15) is 5.82 Å². The van der Waals surface area contributed by atoms with Crippen molar-refractivity contribution in [2.75, 3.05) is 0 Å². The van der Waals surface area contributed by atoms with Gasteiger partial charge in [0.2, 0.25) is 0 Å². The molecule has 6 aromatic rings. The highest BCUT2D eigenvalue weighted by atomic mass is 16.2. The van der Waals surface area contributed by atoms with Crippen LogP contribution in [-0.2, 0) is 13.1 Å². The van der Waals surface area contributed by atoms with Gasteiger partial charge in [0.25, 0.3) is 5.56 Å². The van der Waals surface area contributed by atoms with Crippen molar-refractivity contribution in [3.63, 3.8) is 0 Å². The lowest BCUT2D eigenvalue weighted by Gasteiger charge is -2.22. The third-order valence-corrected chi connectivity index (χ3v) is 8.73. The molecule has 0 atom stereocenters. The van der Waals surface area contributed by atoms with Crippen LogP contribution in [0.5, 0.6) is 0 Å². The molecule has 1 N–H and O–H groups in total. The predicted octanol–water partition coefficient (Wildman–Crippen LogP) is 5.95. The second-order valence-electron chi connectivity index (χ2n) is 12.3. The molecule has 0 spiro atoms. The molecule has 3 heterocycles. The Balaban J connectivity index is 1.38. The lowest BCUT2D eigenvalue weighted by molar-refractivity contribution is 0.419. The van der Waals surface area contributed by atoms with Crippen molar-refractivity contribution in [1.29, 1.82) is 0 Å². The van der Waals surface area contributed by atoms with Crippen molar-refractivity contribution >= 4 is 11.2 Å². The van der Waals surface area contributed by atoms with Gasteiger partial charge in [-0.15, -0.1) is 5.10 Å². The van der Waals surface area contributed by atoms with Crippen LogP contribution in [0.1, 0.15) is 63.3 Å². The molecule has 1 saturated carbocycles. The van der Waals surface area contributed by atoms with Crippen molar-refractivity contribution in [1.82, 2.24) is 39.3 Å². The standard InChI is InChI=1S/C35H36N8O2/c1-23(2)21-42-33-30(34(44)43(35(42)45)27-13-7-4-8-14-27)41(32(36-33)26-11-5-3-6-12-26)22-24-17-19-25(20-18-24)28-15-9-10-16-29(28)31-37-39-40-38-31/h4,7-10,13-20,23,26H,3,5-6,11-12,21-22H2,1-2H3,(H,37,38,39,40). The lowest BCUT2D eigenvalue weighted by Crippen LogP contribution is -2.40. The van der Waals surface area contributed by atoms with Crippen LogP contribution in [0.2, 0.25) is 0 Å². The number of hydrogen-bond donors (Lipinski definition) is 1. The smallest absolute Gasteiger partial charge is 0.317 e. The number of hydrogen-bond acceptors (Lipinski definition) is 6. The molecule has 3 aromatic heterocycles. The number of nitrogens with one attached hydrogen (secondary N) is 1. The van der Waals surface area contributed by atoms with E-state index in [1.165, 1.54) is 11.0 Å². The van der Waals surface area contributed by atoms with Gasteiger partial charge in [-0.3, -0.25) is 9.36 Å². The SMILES string of the molecule is CC(C)Cn1c(=O)n(-c2ccccc2)c(=O)c2c1nc(C1CCCCC1)n2Cc1ccc(-c2ccccc2-c2nnn[nH]2)cc1. The Labute approximate surface area is 260 Å². The minimum Gasteiger partial charge on any atom is -0.317 e. The fraction of sp³-hybridized carbons (Fsp3) is 0.314. The molecular formula is C35H36N8O2. The Hall–Kier alpha value is -5.12. The first-order valence-corrected chi connectivity index (χ1v) is 15.7. The Kier molecular flexibility index (Phi) is 7.71. The summed E-state index contributed by atoms with van der Waals surface area (Å²) in [4.78, 5) is 33.4. The number of tetrazole rings is 1. The first-order valence-electron chi connectivity index (χ1n) is 15.7. The van der Waals surface area contributed by atoms with E-state index in [9.17, 15) is 9.59 Å². The summed E-state index contributed by atoms with van der Waals surface area (Å²) in [6, 6.07) is 25.6. The molecule has 10 heteroatoms. The zero-order valence-electron chi connectivity index (χ0n) is 25.6. The summed E-state index contributed by atoms with van der Waals surface area (Å²) in [5.41, 5.74) is 4.85. The van der Waals surface area contributed by atoms with E-state index < -0.39 is 0 Å². The van der Waals surface area contributed by atoms with Gasteiger partial charge in [-0.25, -0.2) is 19.4 Å². The highest BCUT2D eigenvalue weighted by molar-refractivity contribution is 5.80. The molecule has 228 valence electrons. The quantitative estimate of drug-likeness (QED) is 0.231. The van der Waals surface area contributed by atoms with Crippen LogP contribution in [0.3, 0.4) is 0 Å². The van der Waals surface area contributed by atoms with Crippen LogP contribution < -0.4 is 11.2 Å². The fourth-order valence-electron chi connectivity index (χ4n) is 6.61. The first kappa shape index (κ1) is 28.6. The van der Waals surface area contributed by atoms with Gasteiger partial charge >= 0.3 is 5.69 Å². The molecule has 0 unspecified atom stereocenters. The Bertz CT molecular complexity index is 2050. The van der Waals surface area contributed by atoms with Gasteiger partial charge in [-0.2, -0.15) is 0 Å². The third-order valence-electron chi connectivity index (χ3n) is 8.73. The van der Waals surface area contributed by atoms with E-state index in [4.69, 9.17) is 4.98 Å². The molecule has 1 fully saturated rings. The van der Waals surface area contributed by atoms with Crippen LogP contribution in [0.25, 0.3) is 39.4 Å². The Morgan fingerprint density at radius 3 is 2.24 bits per heavy atom. The van der Waals surface area contributed by atoms with Gasteiger partial charge in [-0.05, 0) is 58.0 Å². The highest BCUT2D eigenvalue weighted by Gasteiger charge is 2.28. The number of para-hydroxylation sites is 1. The minimum absolute atomic E-state index is 0.194. The number of imidazole rings is 1. The Morgan fingerprint density at radius 1 is 0.844 bits per heavy atom. The number of rotatable bonds is 8. The molecule has 0 aliphatic heterocycles. The van der Waals surface area contributed by atoms with Crippen molar-refractivity contribution in [2.45, 2.75) is 65.0 Å². The maximum absolute atomic E-state index is 14.4. The van der Waals surface area contributed by atoms with Gasteiger partial charge in [0.15, 0.2) is 17.0 Å². The number of aromatic amines is 1. The number of H-pyrrole nitrogens is 1. The molecule has 3 aromatic carbocycles. The number of fused-ring (bicyclic) bond motifs is 1. The van der Waals surface area contributed by atoms with Crippen molar-refractivity contribution in [3.05, 3.63) is 111 Å². The maximum atomic E-state index is 14.4. The number of benzene rings is 3. The van der Waals surface area contributed by atoms with Gasteiger partial charge in [-0.1, -0.05) is 99.8 Å². The molecule has 10 nitrogen and oxygen atoms in total. The largest absolute Gasteiger partial charge is 0.337 e. The van der Waals surface area contributed by atoms with E-state index in [-0.39, 0.29) is 23.1 Å². The van der Waals surface area contributed by atoms with Crippen LogP contribution in [0, 0.1) is 5.92 Å². The molecule has 0 bridgehead atoms. The molecule has 1 aliphatic rings. The molecule has 0 amide bonds. The second kappa shape index (κ2) is 12.1. The van der Waals surface area contributed by atoms with Crippen LogP contribution >= 0.6 is 0 Å². The molecule has 0 saturated heterocycles. The van der Waals surface area contributed by atoms with E-state index in [1.54, 1.807) is 4.57 Å². The topological polar surface area (TPSA) is 116 Å². The van der Waals surface area contributed by atoms with Crippen LogP contribution in [-0.4, -0.2) is 39.3 Å². The van der Waals surface area contributed by atoms with Crippen molar-refractivity contribution in [3.8, 4) is 28.2 Å². The summed E-state index contributed by atoms with van der Waals surface area (Å²) in [5, 5.41) is 14.5. The average molecular weight is 601 g/mol. The van der Waals surface area contributed by atoms with Crippen LogP contribution in [0.4, 0.5) is 0 Å². The average Bonchev–Trinajstić information content (AvgIpc) is 3.74.